The molecule has 6 heteroatoms. The minimum Gasteiger partial charge on any atom is -0.399 e. The van der Waals surface area contributed by atoms with Crippen LogP contribution in [0.15, 0.2) is 22.7 Å². The molecule has 1 aliphatic heterocycles. The summed E-state index contributed by atoms with van der Waals surface area (Å²) in [7, 11) is 0. The Hall–Kier alpha value is -2.08. The van der Waals surface area contributed by atoms with Crippen LogP contribution in [0, 0.1) is 0 Å². The van der Waals surface area contributed by atoms with Crippen molar-refractivity contribution in [2.45, 2.75) is 31.8 Å². The molecule has 1 fully saturated rings. The number of rotatable bonds is 3. The van der Waals surface area contributed by atoms with Gasteiger partial charge in [-0.05, 0) is 37.5 Å². The molecular weight excluding hydrogens is 256 g/mol. The predicted octanol–water partition coefficient (Wildman–Crippen LogP) is 2.01. The molecule has 6 nitrogen and oxygen atoms in total. The van der Waals surface area contributed by atoms with Gasteiger partial charge in [-0.1, -0.05) is 5.16 Å². The lowest BCUT2D eigenvalue weighted by Crippen LogP contribution is -2.21. The van der Waals surface area contributed by atoms with E-state index in [2.05, 4.69) is 10.1 Å². The van der Waals surface area contributed by atoms with Crippen molar-refractivity contribution in [1.82, 2.24) is 10.1 Å². The molecule has 2 aromatic rings. The summed E-state index contributed by atoms with van der Waals surface area (Å²) in [6, 6.07) is 5.23. The summed E-state index contributed by atoms with van der Waals surface area (Å²) in [5.41, 5.74) is 13.4. The van der Waals surface area contributed by atoms with E-state index in [1.807, 2.05) is 0 Å². The number of nitrogens with zero attached hydrogens (tertiary/aromatic N) is 2. The molecular formula is C14H18N4O2. The summed E-state index contributed by atoms with van der Waals surface area (Å²) >= 11 is 0. The molecule has 1 aromatic heterocycles. The van der Waals surface area contributed by atoms with Gasteiger partial charge in [-0.15, -0.1) is 0 Å². The minimum absolute atomic E-state index is 0.195. The van der Waals surface area contributed by atoms with Crippen LogP contribution in [0.3, 0.4) is 0 Å². The molecule has 1 unspecified atom stereocenters. The van der Waals surface area contributed by atoms with Crippen molar-refractivity contribution in [3.8, 4) is 11.5 Å². The molecule has 1 aromatic carbocycles. The zero-order chi connectivity index (χ0) is 13.9. The molecule has 1 saturated heterocycles. The number of hydrogen-bond donors (Lipinski definition) is 2. The van der Waals surface area contributed by atoms with E-state index in [0.29, 0.717) is 29.5 Å². The Morgan fingerprint density at radius 1 is 1.15 bits per heavy atom. The summed E-state index contributed by atoms with van der Waals surface area (Å²) in [4.78, 5) is 4.39. The maximum absolute atomic E-state index is 5.76. The van der Waals surface area contributed by atoms with E-state index < -0.39 is 0 Å². The zero-order valence-corrected chi connectivity index (χ0v) is 11.2. The molecule has 4 N–H and O–H groups in total. The van der Waals surface area contributed by atoms with E-state index in [1.165, 1.54) is 6.42 Å². The van der Waals surface area contributed by atoms with Gasteiger partial charge >= 0.3 is 0 Å². The number of nitrogen functional groups attached to an aromatic ring is 2. The Morgan fingerprint density at radius 3 is 2.65 bits per heavy atom. The number of benzene rings is 1. The molecule has 106 valence electrons. The van der Waals surface area contributed by atoms with Crippen molar-refractivity contribution in [3.63, 3.8) is 0 Å². The molecule has 20 heavy (non-hydrogen) atoms. The van der Waals surface area contributed by atoms with Gasteiger partial charge in [-0.2, -0.15) is 4.98 Å². The van der Waals surface area contributed by atoms with Crippen LogP contribution in [0.2, 0.25) is 0 Å². The van der Waals surface area contributed by atoms with Gasteiger partial charge < -0.3 is 20.7 Å². The fraction of sp³-hybridized carbons (Fsp3) is 0.429. The average Bonchev–Trinajstić information content (AvgIpc) is 2.87. The lowest BCUT2D eigenvalue weighted by atomic mass is 10.1. The monoisotopic (exact) mass is 274 g/mol. The second kappa shape index (κ2) is 5.50. The summed E-state index contributed by atoms with van der Waals surface area (Å²) in [6.07, 6.45) is 4.26. The smallest absolute Gasteiger partial charge is 0.258 e. The number of nitrogens with two attached hydrogens (primary N) is 2. The standard InChI is InChI=1S/C14H18N4O2/c15-10-5-9(6-11(16)7-10)14-17-13(18-20-14)8-12-3-1-2-4-19-12/h5-7,12H,1-4,8,15-16H2. The number of hydrogen-bond acceptors (Lipinski definition) is 6. The molecule has 0 amide bonds. The molecule has 1 aliphatic rings. The summed E-state index contributed by atoms with van der Waals surface area (Å²) in [5, 5.41) is 4.00. The third-order valence-electron chi connectivity index (χ3n) is 3.38. The fourth-order valence-corrected chi connectivity index (χ4v) is 2.43. The van der Waals surface area contributed by atoms with E-state index >= 15 is 0 Å². The molecule has 0 radical (unpaired) electrons. The van der Waals surface area contributed by atoms with Gasteiger partial charge in [0.05, 0.1) is 6.10 Å². The van der Waals surface area contributed by atoms with Crippen molar-refractivity contribution >= 4 is 11.4 Å². The first-order valence-electron chi connectivity index (χ1n) is 6.81. The first-order chi connectivity index (χ1) is 9.70. The molecule has 1 atom stereocenters. The lowest BCUT2D eigenvalue weighted by molar-refractivity contribution is 0.0153. The van der Waals surface area contributed by atoms with Crippen LogP contribution in [0.5, 0.6) is 0 Å². The number of anilines is 2. The van der Waals surface area contributed by atoms with E-state index in [9.17, 15) is 0 Å². The highest BCUT2D eigenvalue weighted by Crippen LogP contribution is 2.24. The van der Waals surface area contributed by atoms with Crippen LogP contribution in [0.25, 0.3) is 11.5 Å². The second-order valence-corrected chi connectivity index (χ2v) is 5.10. The quantitative estimate of drug-likeness (QED) is 0.830. The average molecular weight is 274 g/mol. The van der Waals surface area contributed by atoms with Crippen LogP contribution in [0.4, 0.5) is 11.4 Å². The van der Waals surface area contributed by atoms with Gasteiger partial charge in [0.2, 0.25) is 0 Å². The molecule has 0 aliphatic carbocycles. The maximum atomic E-state index is 5.76. The highest BCUT2D eigenvalue weighted by Gasteiger charge is 2.18. The second-order valence-electron chi connectivity index (χ2n) is 5.10. The SMILES string of the molecule is Nc1cc(N)cc(-c2nc(CC3CCCCO3)no2)c1. The van der Waals surface area contributed by atoms with Crippen LogP contribution in [-0.2, 0) is 11.2 Å². The van der Waals surface area contributed by atoms with E-state index in [1.54, 1.807) is 18.2 Å². The van der Waals surface area contributed by atoms with Crippen LogP contribution < -0.4 is 11.5 Å². The predicted molar refractivity (Wildman–Crippen MR) is 75.9 cm³/mol. The molecule has 0 spiro atoms. The lowest BCUT2D eigenvalue weighted by Gasteiger charge is -2.20. The largest absolute Gasteiger partial charge is 0.399 e. The maximum Gasteiger partial charge on any atom is 0.258 e. The van der Waals surface area contributed by atoms with Gasteiger partial charge in [-0.25, -0.2) is 0 Å². The van der Waals surface area contributed by atoms with Gasteiger partial charge in [-0.3, -0.25) is 0 Å². The Kier molecular flexibility index (Phi) is 3.56. The molecule has 2 heterocycles. The van der Waals surface area contributed by atoms with Crippen molar-refractivity contribution in [3.05, 3.63) is 24.0 Å². The highest BCUT2D eigenvalue weighted by molar-refractivity contribution is 5.67. The van der Waals surface area contributed by atoms with E-state index in [4.69, 9.17) is 20.7 Å². The minimum atomic E-state index is 0.195. The van der Waals surface area contributed by atoms with Gasteiger partial charge in [0, 0.05) is 30.0 Å². The Balaban J connectivity index is 1.75. The zero-order valence-electron chi connectivity index (χ0n) is 11.2. The third kappa shape index (κ3) is 2.91. The summed E-state index contributed by atoms with van der Waals surface area (Å²) in [6.45, 7) is 0.821. The van der Waals surface area contributed by atoms with Crippen molar-refractivity contribution in [2.75, 3.05) is 18.1 Å². The molecule has 0 saturated carbocycles. The topological polar surface area (TPSA) is 100 Å². The van der Waals surface area contributed by atoms with Crippen LogP contribution in [-0.4, -0.2) is 22.9 Å². The van der Waals surface area contributed by atoms with Gasteiger partial charge in [0.15, 0.2) is 5.82 Å². The summed E-state index contributed by atoms with van der Waals surface area (Å²) in [5.74, 6) is 1.10. The summed E-state index contributed by atoms with van der Waals surface area (Å²) < 4.78 is 10.9. The van der Waals surface area contributed by atoms with Crippen LogP contribution >= 0.6 is 0 Å². The molecule has 3 rings (SSSR count). The van der Waals surface area contributed by atoms with Crippen molar-refractivity contribution < 1.29 is 9.26 Å². The third-order valence-corrected chi connectivity index (χ3v) is 3.38. The van der Waals surface area contributed by atoms with Gasteiger partial charge in [0.25, 0.3) is 5.89 Å². The van der Waals surface area contributed by atoms with Crippen molar-refractivity contribution in [2.24, 2.45) is 0 Å². The number of aromatic nitrogens is 2. The van der Waals surface area contributed by atoms with E-state index in [-0.39, 0.29) is 6.10 Å². The first-order valence-corrected chi connectivity index (χ1v) is 6.81. The number of ether oxygens (including phenoxy) is 1. The van der Waals surface area contributed by atoms with Crippen LogP contribution in [0.1, 0.15) is 25.1 Å². The van der Waals surface area contributed by atoms with Gasteiger partial charge in [0.1, 0.15) is 0 Å². The molecule has 0 bridgehead atoms. The van der Waals surface area contributed by atoms with E-state index in [0.717, 1.165) is 25.0 Å². The normalized spacial score (nSPS) is 19.1. The first kappa shape index (κ1) is 12.9. The Bertz CT molecular complexity index is 570. The Labute approximate surface area is 117 Å². The Morgan fingerprint density at radius 2 is 1.95 bits per heavy atom. The fourth-order valence-electron chi connectivity index (χ4n) is 2.43. The highest BCUT2D eigenvalue weighted by atomic mass is 16.5. The van der Waals surface area contributed by atoms with Crippen molar-refractivity contribution in [1.29, 1.82) is 0 Å².